The number of sulfonamides is 2. The molecule has 0 bridgehead atoms. The summed E-state index contributed by atoms with van der Waals surface area (Å²) in [7, 11) is -7.49. The predicted octanol–water partition coefficient (Wildman–Crippen LogP) is 2.43. The van der Waals surface area contributed by atoms with Gasteiger partial charge in [-0.1, -0.05) is 24.3 Å². The van der Waals surface area contributed by atoms with E-state index in [2.05, 4.69) is 19.4 Å². The van der Waals surface area contributed by atoms with Crippen LogP contribution in [0.3, 0.4) is 0 Å². The molecule has 0 atom stereocenters. The van der Waals surface area contributed by atoms with Gasteiger partial charge >= 0.3 is 0 Å². The molecule has 0 amide bonds. The van der Waals surface area contributed by atoms with Crippen LogP contribution >= 0.6 is 0 Å². The summed E-state index contributed by atoms with van der Waals surface area (Å²) in [6, 6.07) is 13.3. The summed E-state index contributed by atoms with van der Waals surface area (Å²) in [6.07, 6.45) is 6.58. The largest absolute Gasteiger partial charge is 0.264 e. The van der Waals surface area contributed by atoms with Crippen molar-refractivity contribution in [1.82, 2.24) is 19.4 Å². The van der Waals surface area contributed by atoms with Crippen molar-refractivity contribution in [1.29, 1.82) is 0 Å². The Bertz CT molecular complexity index is 1330. The number of nitrogens with zero attached hydrogens (tertiary/aromatic N) is 2. The van der Waals surface area contributed by atoms with Crippen LogP contribution in [0.5, 0.6) is 0 Å². The molecule has 0 fully saturated rings. The Hall–Kier alpha value is -2.92. The second-order valence-electron chi connectivity index (χ2n) is 6.86. The second-order valence-corrected chi connectivity index (χ2v) is 10.3. The number of aromatic nitrogens is 2. The van der Waals surface area contributed by atoms with Gasteiger partial charge in [0.25, 0.3) is 0 Å². The Morgan fingerprint density at radius 1 is 0.645 bits per heavy atom. The fraction of sp³-hybridized carbons (Fsp3) is 0.143. The van der Waals surface area contributed by atoms with Crippen molar-refractivity contribution >= 4 is 41.6 Å². The summed E-state index contributed by atoms with van der Waals surface area (Å²) >= 11 is 0. The molecule has 4 rings (SSSR count). The monoisotopic (exact) mass is 456 g/mol. The molecule has 0 saturated carbocycles. The number of fused-ring (bicyclic) bond motifs is 2. The van der Waals surface area contributed by atoms with Gasteiger partial charge in [-0.05, 0) is 30.7 Å². The second kappa shape index (κ2) is 8.67. The van der Waals surface area contributed by atoms with E-state index in [9.17, 15) is 16.8 Å². The van der Waals surface area contributed by atoms with Crippen LogP contribution in [-0.4, -0.2) is 39.9 Å². The highest BCUT2D eigenvalue weighted by molar-refractivity contribution is 7.90. The first-order valence-electron chi connectivity index (χ1n) is 9.53. The van der Waals surface area contributed by atoms with Gasteiger partial charge in [0.1, 0.15) is 0 Å². The number of nitrogens with one attached hydrogen (secondary N) is 2. The minimum Gasteiger partial charge on any atom is -0.264 e. The molecule has 8 nitrogen and oxygen atoms in total. The zero-order valence-corrected chi connectivity index (χ0v) is 18.0. The van der Waals surface area contributed by atoms with E-state index < -0.39 is 20.0 Å². The first-order chi connectivity index (χ1) is 14.9. The van der Waals surface area contributed by atoms with Gasteiger partial charge in [0.15, 0.2) is 0 Å². The molecular weight excluding hydrogens is 436 g/mol. The third-order valence-corrected chi connectivity index (χ3v) is 7.84. The number of hydrogen-bond acceptors (Lipinski definition) is 6. The lowest BCUT2D eigenvalue weighted by molar-refractivity contribution is 0.573. The Morgan fingerprint density at radius 3 is 1.55 bits per heavy atom. The first-order valence-corrected chi connectivity index (χ1v) is 12.5. The summed E-state index contributed by atoms with van der Waals surface area (Å²) in [4.78, 5) is 8.34. The average molecular weight is 457 g/mol. The van der Waals surface area contributed by atoms with Gasteiger partial charge in [0.05, 0.1) is 9.79 Å². The molecule has 0 unspecified atom stereocenters. The highest BCUT2D eigenvalue weighted by Crippen LogP contribution is 2.23. The minimum absolute atomic E-state index is 0.0891. The van der Waals surface area contributed by atoms with E-state index in [0.717, 1.165) is 10.8 Å². The van der Waals surface area contributed by atoms with Gasteiger partial charge in [-0.3, -0.25) is 9.97 Å². The van der Waals surface area contributed by atoms with Crippen LogP contribution in [0.4, 0.5) is 0 Å². The molecule has 0 aliphatic heterocycles. The fourth-order valence-electron chi connectivity index (χ4n) is 3.31. The van der Waals surface area contributed by atoms with Crippen molar-refractivity contribution in [2.24, 2.45) is 0 Å². The topological polar surface area (TPSA) is 118 Å². The highest BCUT2D eigenvalue weighted by Gasteiger charge is 2.18. The van der Waals surface area contributed by atoms with Crippen molar-refractivity contribution in [3.05, 3.63) is 73.3 Å². The molecule has 31 heavy (non-hydrogen) atoms. The summed E-state index contributed by atoms with van der Waals surface area (Å²) in [6.45, 7) is 0.178. The molecule has 2 heterocycles. The van der Waals surface area contributed by atoms with Crippen molar-refractivity contribution in [3.63, 3.8) is 0 Å². The molecule has 2 aromatic heterocycles. The Morgan fingerprint density at radius 2 is 1.10 bits per heavy atom. The standard InChI is InChI=1S/C21H20N4O4S2/c26-30(27,20-6-1-4-16-14-22-12-8-18(16)20)24-10-3-11-25-31(28,29)21-7-2-5-17-15-23-13-9-19(17)21/h1-2,4-9,12-15,24-25H,3,10-11H2. The Labute approximate surface area is 180 Å². The van der Waals surface area contributed by atoms with E-state index in [-0.39, 0.29) is 29.3 Å². The maximum absolute atomic E-state index is 12.7. The third kappa shape index (κ3) is 4.57. The predicted molar refractivity (Wildman–Crippen MR) is 118 cm³/mol. The van der Waals surface area contributed by atoms with Crippen LogP contribution in [0.2, 0.25) is 0 Å². The van der Waals surface area contributed by atoms with Crippen molar-refractivity contribution in [2.75, 3.05) is 13.1 Å². The Balaban J connectivity index is 1.39. The summed E-state index contributed by atoms with van der Waals surface area (Å²) in [5, 5.41) is 2.61. The molecule has 160 valence electrons. The van der Waals surface area contributed by atoms with Crippen LogP contribution in [0.25, 0.3) is 21.5 Å². The maximum atomic E-state index is 12.7. The fourth-order valence-corrected chi connectivity index (χ4v) is 5.91. The van der Waals surface area contributed by atoms with Gasteiger partial charge in [0.2, 0.25) is 20.0 Å². The summed E-state index contributed by atoms with van der Waals surface area (Å²) < 4.78 is 55.9. The molecule has 0 aliphatic carbocycles. The van der Waals surface area contributed by atoms with Crippen LogP contribution in [-0.2, 0) is 20.0 Å². The molecule has 4 aromatic rings. The quantitative estimate of drug-likeness (QED) is 0.393. The van der Waals surface area contributed by atoms with Crippen molar-refractivity contribution < 1.29 is 16.8 Å². The summed E-state index contributed by atoms with van der Waals surface area (Å²) in [5.74, 6) is 0. The number of hydrogen-bond donors (Lipinski definition) is 2. The van der Waals surface area contributed by atoms with Gasteiger partial charge in [-0.25, -0.2) is 26.3 Å². The Kier molecular flexibility index (Phi) is 5.96. The number of rotatable bonds is 8. The lowest BCUT2D eigenvalue weighted by Gasteiger charge is -2.11. The van der Waals surface area contributed by atoms with E-state index in [1.165, 1.54) is 12.1 Å². The van der Waals surface area contributed by atoms with E-state index in [4.69, 9.17) is 0 Å². The SMILES string of the molecule is O=S(=O)(NCCCNS(=O)(=O)c1cccc2cnccc12)c1cccc2cnccc12. The van der Waals surface area contributed by atoms with Crippen LogP contribution < -0.4 is 9.44 Å². The molecule has 0 saturated heterocycles. The maximum Gasteiger partial charge on any atom is 0.241 e. The lowest BCUT2D eigenvalue weighted by atomic mass is 10.2. The zero-order valence-electron chi connectivity index (χ0n) is 16.4. The van der Waals surface area contributed by atoms with Gasteiger partial charge in [-0.15, -0.1) is 0 Å². The van der Waals surface area contributed by atoms with Crippen molar-refractivity contribution in [3.8, 4) is 0 Å². The van der Waals surface area contributed by atoms with Crippen LogP contribution in [0.15, 0.2) is 83.1 Å². The average Bonchev–Trinajstić information content (AvgIpc) is 2.78. The smallest absolute Gasteiger partial charge is 0.241 e. The van der Waals surface area contributed by atoms with Crippen molar-refractivity contribution in [2.45, 2.75) is 16.2 Å². The highest BCUT2D eigenvalue weighted by atomic mass is 32.2. The van der Waals surface area contributed by atoms with E-state index in [1.807, 2.05) is 0 Å². The van der Waals surface area contributed by atoms with Crippen LogP contribution in [0, 0.1) is 0 Å². The zero-order chi connectivity index (χ0) is 21.9. The van der Waals surface area contributed by atoms with Crippen LogP contribution in [0.1, 0.15) is 6.42 Å². The van der Waals surface area contributed by atoms with Gasteiger partial charge in [-0.2, -0.15) is 0 Å². The van der Waals surface area contributed by atoms with Gasteiger partial charge < -0.3 is 0 Å². The molecule has 0 spiro atoms. The molecule has 10 heteroatoms. The van der Waals surface area contributed by atoms with E-state index >= 15 is 0 Å². The molecular formula is C21H20N4O4S2. The molecule has 2 aromatic carbocycles. The molecule has 2 N–H and O–H groups in total. The lowest BCUT2D eigenvalue weighted by Crippen LogP contribution is -2.30. The third-order valence-electron chi connectivity index (χ3n) is 4.80. The normalized spacial score (nSPS) is 12.4. The number of pyridine rings is 2. The van der Waals surface area contributed by atoms with E-state index in [1.54, 1.807) is 61.2 Å². The molecule has 0 aliphatic rings. The van der Waals surface area contributed by atoms with E-state index in [0.29, 0.717) is 10.8 Å². The first kappa shape index (κ1) is 21.3. The molecule has 0 radical (unpaired) electrons. The number of benzene rings is 2. The summed E-state index contributed by atoms with van der Waals surface area (Å²) in [5.41, 5.74) is 0. The van der Waals surface area contributed by atoms with Gasteiger partial charge in [0, 0.05) is 59.4 Å². The minimum atomic E-state index is -3.75.